The molecule has 2 atom stereocenters. The molecule has 1 aliphatic rings. The van der Waals surface area contributed by atoms with Gasteiger partial charge >= 0.3 is 0 Å². The summed E-state index contributed by atoms with van der Waals surface area (Å²) in [7, 11) is -3.16. The summed E-state index contributed by atoms with van der Waals surface area (Å²) in [5.74, 6) is 0.221. The molecule has 0 spiro atoms. The summed E-state index contributed by atoms with van der Waals surface area (Å²) in [5, 5.41) is 0. The van der Waals surface area contributed by atoms with Crippen molar-refractivity contribution in [2.45, 2.75) is 30.5 Å². The molecular weight excluding hydrogens is 326 g/mol. The Morgan fingerprint density at radius 2 is 2.05 bits per heavy atom. The first kappa shape index (κ1) is 15.0. The molecule has 0 aliphatic carbocycles. The van der Waals surface area contributed by atoms with Crippen LogP contribution in [0.25, 0.3) is 0 Å². The summed E-state index contributed by atoms with van der Waals surface area (Å²) in [4.78, 5) is 0.294. The number of piperidine rings is 1. The van der Waals surface area contributed by atoms with Crippen molar-refractivity contribution in [1.29, 1.82) is 0 Å². The van der Waals surface area contributed by atoms with Gasteiger partial charge in [-0.2, -0.15) is 0 Å². The summed E-state index contributed by atoms with van der Waals surface area (Å²) in [6.45, 7) is 3.23. The number of rotatable bonds is 4. The van der Waals surface area contributed by atoms with E-state index < -0.39 is 10.0 Å². The fraction of sp³-hybridized carbons (Fsp3) is 0.571. The predicted molar refractivity (Wildman–Crippen MR) is 82.2 cm³/mol. The lowest BCUT2D eigenvalue weighted by Gasteiger charge is -2.30. The summed E-state index contributed by atoms with van der Waals surface area (Å²) in [5.41, 5.74) is 1.08. The van der Waals surface area contributed by atoms with E-state index in [0.717, 1.165) is 18.4 Å². The molecule has 2 unspecified atom stereocenters. The van der Waals surface area contributed by atoms with Crippen molar-refractivity contribution < 1.29 is 8.42 Å². The maximum Gasteiger partial charge on any atom is 0.214 e. The van der Waals surface area contributed by atoms with E-state index in [1.807, 2.05) is 37.3 Å². The SMILES string of the molecule is CC(CS(=O)(=O)N1CCCC(Br)C1)c1ccccc1. The van der Waals surface area contributed by atoms with Crippen LogP contribution >= 0.6 is 15.9 Å². The van der Waals surface area contributed by atoms with Gasteiger partial charge in [0.2, 0.25) is 10.0 Å². The molecule has 3 nitrogen and oxygen atoms in total. The third-order valence-corrected chi connectivity index (χ3v) is 6.34. The molecule has 1 aliphatic heterocycles. The summed E-state index contributed by atoms with van der Waals surface area (Å²) >= 11 is 3.53. The van der Waals surface area contributed by atoms with Crippen molar-refractivity contribution >= 4 is 26.0 Å². The number of hydrogen-bond donors (Lipinski definition) is 0. The van der Waals surface area contributed by atoms with Gasteiger partial charge in [0.25, 0.3) is 0 Å². The third kappa shape index (κ3) is 4.04. The van der Waals surface area contributed by atoms with E-state index in [1.54, 1.807) is 4.31 Å². The second kappa shape index (κ2) is 6.37. The molecule has 0 radical (unpaired) electrons. The molecule has 5 heteroatoms. The zero-order valence-electron chi connectivity index (χ0n) is 11.1. The highest BCUT2D eigenvalue weighted by Crippen LogP contribution is 2.23. The Kier molecular flexibility index (Phi) is 5.03. The van der Waals surface area contributed by atoms with Crippen molar-refractivity contribution in [2.24, 2.45) is 0 Å². The lowest BCUT2D eigenvalue weighted by molar-refractivity contribution is 0.355. The van der Waals surface area contributed by atoms with Gasteiger partial charge in [0.1, 0.15) is 0 Å². The zero-order chi connectivity index (χ0) is 13.9. The van der Waals surface area contributed by atoms with Crippen LogP contribution in [0.2, 0.25) is 0 Å². The van der Waals surface area contributed by atoms with Crippen LogP contribution in [0.5, 0.6) is 0 Å². The van der Waals surface area contributed by atoms with E-state index in [1.165, 1.54) is 0 Å². The maximum atomic E-state index is 12.4. The number of hydrogen-bond acceptors (Lipinski definition) is 2. The van der Waals surface area contributed by atoms with Crippen molar-refractivity contribution in [3.63, 3.8) is 0 Å². The molecule has 0 saturated carbocycles. The molecule has 1 aromatic rings. The first-order valence-electron chi connectivity index (χ1n) is 6.66. The van der Waals surface area contributed by atoms with Gasteiger partial charge in [-0.3, -0.25) is 0 Å². The van der Waals surface area contributed by atoms with E-state index in [9.17, 15) is 8.42 Å². The Morgan fingerprint density at radius 3 is 2.68 bits per heavy atom. The average Bonchev–Trinajstić information content (AvgIpc) is 2.39. The Labute approximate surface area is 124 Å². The van der Waals surface area contributed by atoms with Gasteiger partial charge in [-0.05, 0) is 24.3 Å². The van der Waals surface area contributed by atoms with Gasteiger partial charge in [-0.15, -0.1) is 0 Å². The molecule has 0 bridgehead atoms. The number of nitrogens with zero attached hydrogens (tertiary/aromatic N) is 1. The van der Waals surface area contributed by atoms with Crippen LogP contribution in [0.3, 0.4) is 0 Å². The van der Waals surface area contributed by atoms with Gasteiger partial charge in [0.05, 0.1) is 5.75 Å². The van der Waals surface area contributed by atoms with Gasteiger partial charge < -0.3 is 0 Å². The molecular formula is C14H20BrNO2S. The fourth-order valence-corrected chi connectivity index (χ4v) is 5.16. The minimum absolute atomic E-state index is 0.0295. The number of benzene rings is 1. The molecule has 19 heavy (non-hydrogen) atoms. The quantitative estimate of drug-likeness (QED) is 0.786. The Balaban J connectivity index is 2.04. The van der Waals surface area contributed by atoms with Crippen LogP contribution < -0.4 is 0 Å². The average molecular weight is 346 g/mol. The summed E-state index contributed by atoms with van der Waals surface area (Å²) in [6, 6.07) is 9.83. The monoisotopic (exact) mass is 345 g/mol. The zero-order valence-corrected chi connectivity index (χ0v) is 13.5. The van der Waals surface area contributed by atoms with Crippen molar-refractivity contribution in [3.05, 3.63) is 35.9 Å². The summed E-state index contributed by atoms with van der Waals surface area (Å²) < 4.78 is 26.5. The van der Waals surface area contributed by atoms with Crippen molar-refractivity contribution in [3.8, 4) is 0 Å². The van der Waals surface area contributed by atoms with Crippen molar-refractivity contribution in [1.82, 2.24) is 4.31 Å². The van der Waals surface area contributed by atoms with Gasteiger partial charge in [-0.1, -0.05) is 53.2 Å². The smallest absolute Gasteiger partial charge is 0.212 e. The number of halogens is 1. The standard InChI is InChI=1S/C14H20BrNO2S/c1-12(13-6-3-2-4-7-13)11-19(17,18)16-9-5-8-14(15)10-16/h2-4,6-7,12,14H,5,8-11H2,1H3. The van der Waals surface area contributed by atoms with Crippen LogP contribution in [0.4, 0.5) is 0 Å². The second-order valence-electron chi connectivity index (χ2n) is 5.19. The lowest BCUT2D eigenvalue weighted by Crippen LogP contribution is -2.42. The van der Waals surface area contributed by atoms with Gasteiger partial charge in [0.15, 0.2) is 0 Å². The molecule has 2 rings (SSSR count). The Bertz CT molecular complexity index is 503. The molecule has 0 amide bonds. The molecule has 0 aromatic heterocycles. The molecule has 1 fully saturated rings. The summed E-state index contributed by atoms with van der Waals surface area (Å²) in [6.07, 6.45) is 2.00. The van der Waals surface area contributed by atoms with Crippen LogP contribution in [0.15, 0.2) is 30.3 Å². The van der Waals surface area contributed by atoms with Crippen molar-refractivity contribution in [2.75, 3.05) is 18.8 Å². The van der Waals surface area contributed by atoms with Crippen LogP contribution in [0.1, 0.15) is 31.2 Å². The number of alkyl halides is 1. The van der Waals surface area contributed by atoms with E-state index in [2.05, 4.69) is 15.9 Å². The first-order chi connectivity index (χ1) is 8.99. The second-order valence-corrected chi connectivity index (χ2v) is 8.50. The van der Waals surface area contributed by atoms with E-state index in [-0.39, 0.29) is 11.7 Å². The maximum absolute atomic E-state index is 12.4. The third-order valence-electron chi connectivity index (χ3n) is 3.55. The molecule has 1 heterocycles. The topological polar surface area (TPSA) is 37.4 Å². The van der Waals surface area contributed by atoms with Crippen LogP contribution in [0, 0.1) is 0 Å². The normalized spacial score (nSPS) is 23.2. The van der Waals surface area contributed by atoms with Crippen LogP contribution in [-0.2, 0) is 10.0 Å². The lowest BCUT2D eigenvalue weighted by atomic mass is 10.0. The predicted octanol–water partition coefficient (Wildman–Crippen LogP) is 2.98. The largest absolute Gasteiger partial charge is 0.214 e. The molecule has 106 valence electrons. The van der Waals surface area contributed by atoms with E-state index >= 15 is 0 Å². The van der Waals surface area contributed by atoms with Gasteiger partial charge in [-0.25, -0.2) is 12.7 Å². The minimum Gasteiger partial charge on any atom is -0.212 e. The fourth-order valence-electron chi connectivity index (χ4n) is 2.44. The molecule has 1 aromatic carbocycles. The first-order valence-corrected chi connectivity index (χ1v) is 9.18. The Morgan fingerprint density at radius 1 is 1.37 bits per heavy atom. The highest BCUT2D eigenvalue weighted by molar-refractivity contribution is 9.09. The van der Waals surface area contributed by atoms with E-state index in [0.29, 0.717) is 17.9 Å². The number of sulfonamides is 1. The van der Waals surface area contributed by atoms with Gasteiger partial charge in [0, 0.05) is 17.9 Å². The van der Waals surface area contributed by atoms with E-state index in [4.69, 9.17) is 0 Å². The van der Waals surface area contributed by atoms with Crippen LogP contribution in [-0.4, -0.2) is 36.4 Å². The minimum atomic E-state index is -3.16. The highest BCUT2D eigenvalue weighted by atomic mass is 79.9. The Hall–Kier alpha value is -0.390. The molecule has 0 N–H and O–H groups in total. The molecule has 1 saturated heterocycles. The highest BCUT2D eigenvalue weighted by Gasteiger charge is 2.29.